The molecule has 2 aliphatic rings. The monoisotopic (exact) mass is 196 g/mol. The van der Waals surface area contributed by atoms with Crippen molar-refractivity contribution >= 4 is 0 Å². The van der Waals surface area contributed by atoms with Gasteiger partial charge < -0.3 is 5.73 Å². The highest BCUT2D eigenvalue weighted by Gasteiger charge is 2.38. The molecule has 0 radical (unpaired) electrons. The van der Waals surface area contributed by atoms with E-state index in [0.29, 0.717) is 0 Å². The van der Waals surface area contributed by atoms with Gasteiger partial charge in [0.2, 0.25) is 0 Å². The number of likely N-dealkylation sites (tertiary alicyclic amines) is 1. The number of hydrogen-bond donors (Lipinski definition) is 1. The SMILES string of the molecule is CCC1CC(C)CN1CC1(N)CCC1. The van der Waals surface area contributed by atoms with Gasteiger partial charge in [-0.05, 0) is 38.0 Å². The zero-order chi connectivity index (χ0) is 10.2. The zero-order valence-electron chi connectivity index (χ0n) is 9.63. The molecule has 0 bridgehead atoms. The van der Waals surface area contributed by atoms with Gasteiger partial charge in [0, 0.05) is 24.7 Å². The molecule has 1 saturated carbocycles. The van der Waals surface area contributed by atoms with Gasteiger partial charge in [-0.2, -0.15) is 0 Å². The minimum atomic E-state index is 0.178. The first-order chi connectivity index (χ1) is 6.63. The summed E-state index contributed by atoms with van der Waals surface area (Å²) in [4.78, 5) is 2.64. The molecule has 0 aromatic carbocycles. The van der Waals surface area contributed by atoms with E-state index in [1.807, 2.05) is 0 Å². The average molecular weight is 196 g/mol. The van der Waals surface area contributed by atoms with Crippen LogP contribution in [0.5, 0.6) is 0 Å². The number of nitrogens with zero attached hydrogens (tertiary/aromatic N) is 1. The van der Waals surface area contributed by atoms with E-state index < -0.39 is 0 Å². The van der Waals surface area contributed by atoms with E-state index in [4.69, 9.17) is 5.73 Å². The van der Waals surface area contributed by atoms with Crippen LogP contribution in [0.1, 0.15) is 46.0 Å². The summed E-state index contributed by atoms with van der Waals surface area (Å²) in [5, 5.41) is 0. The molecular weight excluding hydrogens is 172 g/mol. The quantitative estimate of drug-likeness (QED) is 0.748. The molecular formula is C12H24N2. The Labute approximate surface area is 87.8 Å². The Kier molecular flexibility index (Phi) is 2.85. The predicted octanol–water partition coefficient (Wildman–Crippen LogP) is 1.99. The molecule has 2 heteroatoms. The van der Waals surface area contributed by atoms with Crippen LogP contribution in [0.3, 0.4) is 0 Å². The summed E-state index contributed by atoms with van der Waals surface area (Å²) >= 11 is 0. The maximum absolute atomic E-state index is 6.30. The van der Waals surface area contributed by atoms with E-state index >= 15 is 0 Å². The fraction of sp³-hybridized carbons (Fsp3) is 1.00. The van der Waals surface area contributed by atoms with Crippen LogP contribution in [0.15, 0.2) is 0 Å². The predicted molar refractivity (Wildman–Crippen MR) is 60.2 cm³/mol. The molecule has 2 atom stereocenters. The highest BCUT2D eigenvalue weighted by Crippen LogP contribution is 2.33. The molecule has 0 amide bonds. The van der Waals surface area contributed by atoms with Gasteiger partial charge in [0.15, 0.2) is 0 Å². The van der Waals surface area contributed by atoms with Crippen molar-refractivity contribution in [1.29, 1.82) is 0 Å². The first kappa shape index (κ1) is 10.4. The second-order valence-electron chi connectivity index (χ2n) is 5.55. The largest absolute Gasteiger partial charge is 0.324 e. The molecule has 1 aliphatic heterocycles. The summed E-state index contributed by atoms with van der Waals surface area (Å²) in [6.45, 7) is 7.10. The van der Waals surface area contributed by atoms with Gasteiger partial charge in [-0.15, -0.1) is 0 Å². The Morgan fingerprint density at radius 1 is 1.43 bits per heavy atom. The van der Waals surface area contributed by atoms with E-state index in [-0.39, 0.29) is 5.54 Å². The lowest BCUT2D eigenvalue weighted by molar-refractivity contribution is 0.132. The lowest BCUT2D eigenvalue weighted by atomic mass is 9.77. The standard InChI is InChI=1S/C12H24N2/c1-3-11-7-10(2)8-14(11)9-12(13)5-4-6-12/h10-11H,3-9,13H2,1-2H3. The van der Waals surface area contributed by atoms with E-state index in [1.165, 1.54) is 38.6 Å². The molecule has 1 aliphatic carbocycles. The number of nitrogens with two attached hydrogens (primary N) is 1. The Morgan fingerprint density at radius 3 is 2.64 bits per heavy atom. The molecule has 1 saturated heterocycles. The Hall–Kier alpha value is -0.0800. The van der Waals surface area contributed by atoms with Crippen LogP contribution in [0.4, 0.5) is 0 Å². The van der Waals surface area contributed by atoms with Crippen molar-refractivity contribution in [2.75, 3.05) is 13.1 Å². The normalized spacial score (nSPS) is 37.1. The lowest BCUT2D eigenvalue weighted by Gasteiger charge is -2.42. The Balaban J connectivity index is 1.89. The third kappa shape index (κ3) is 1.96. The zero-order valence-corrected chi connectivity index (χ0v) is 9.63. The molecule has 2 N–H and O–H groups in total. The van der Waals surface area contributed by atoms with E-state index in [1.54, 1.807) is 0 Å². The van der Waals surface area contributed by atoms with Crippen molar-refractivity contribution in [3.63, 3.8) is 0 Å². The van der Waals surface area contributed by atoms with E-state index in [0.717, 1.165) is 18.5 Å². The van der Waals surface area contributed by atoms with Crippen molar-refractivity contribution in [3.05, 3.63) is 0 Å². The van der Waals surface area contributed by atoms with Crippen LogP contribution < -0.4 is 5.73 Å². The van der Waals surface area contributed by atoms with Crippen LogP contribution in [0.2, 0.25) is 0 Å². The molecule has 2 fully saturated rings. The van der Waals surface area contributed by atoms with Gasteiger partial charge in [-0.3, -0.25) is 4.90 Å². The van der Waals surface area contributed by atoms with Crippen molar-refractivity contribution in [2.24, 2.45) is 11.7 Å². The van der Waals surface area contributed by atoms with Crippen molar-refractivity contribution in [1.82, 2.24) is 4.90 Å². The van der Waals surface area contributed by atoms with Gasteiger partial charge in [-0.25, -0.2) is 0 Å². The number of hydrogen-bond acceptors (Lipinski definition) is 2. The van der Waals surface area contributed by atoms with Crippen LogP contribution in [0.25, 0.3) is 0 Å². The molecule has 0 spiro atoms. The summed E-state index contributed by atoms with van der Waals surface area (Å²) in [7, 11) is 0. The lowest BCUT2D eigenvalue weighted by Crippen LogP contribution is -2.55. The average Bonchev–Trinajstić information content (AvgIpc) is 2.43. The summed E-state index contributed by atoms with van der Waals surface area (Å²) < 4.78 is 0. The molecule has 0 aromatic rings. The molecule has 0 aromatic heterocycles. The third-order valence-electron chi connectivity index (χ3n) is 4.08. The molecule has 2 rings (SSSR count). The van der Waals surface area contributed by atoms with E-state index in [2.05, 4.69) is 18.7 Å². The molecule has 14 heavy (non-hydrogen) atoms. The first-order valence-electron chi connectivity index (χ1n) is 6.16. The third-order valence-corrected chi connectivity index (χ3v) is 4.08. The molecule has 2 nitrogen and oxygen atoms in total. The van der Waals surface area contributed by atoms with Gasteiger partial charge in [0.25, 0.3) is 0 Å². The van der Waals surface area contributed by atoms with E-state index in [9.17, 15) is 0 Å². The van der Waals surface area contributed by atoms with Gasteiger partial charge in [0.05, 0.1) is 0 Å². The topological polar surface area (TPSA) is 29.3 Å². The van der Waals surface area contributed by atoms with Crippen molar-refractivity contribution in [2.45, 2.75) is 57.5 Å². The van der Waals surface area contributed by atoms with Crippen molar-refractivity contribution < 1.29 is 0 Å². The maximum Gasteiger partial charge on any atom is 0.0283 e. The summed E-state index contributed by atoms with van der Waals surface area (Å²) in [6, 6.07) is 0.811. The second kappa shape index (κ2) is 3.82. The van der Waals surface area contributed by atoms with Crippen molar-refractivity contribution in [3.8, 4) is 0 Å². The fourth-order valence-electron chi connectivity index (χ4n) is 3.05. The smallest absolute Gasteiger partial charge is 0.0283 e. The summed E-state index contributed by atoms with van der Waals surface area (Å²) in [5.41, 5.74) is 6.48. The first-order valence-corrected chi connectivity index (χ1v) is 6.16. The second-order valence-corrected chi connectivity index (χ2v) is 5.55. The highest BCUT2D eigenvalue weighted by atomic mass is 15.2. The Morgan fingerprint density at radius 2 is 2.14 bits per heavy atom. The van der Waals surface area contributed by atoms with Crippen LogP contribution in [0, 0.1) is 5.92 Å². The van der Waals surface area contributed by atoms with Crippen LogP contribution in [-0.2, 0) is 0 Å². The summed E-state index contributed by atoms with van der Waals surface area (Å²) in [6.07, 6.45) is 6.51. The fourth-order valence-corrected chi connectivity index (χ4v) is 3.05. The van der Waals surface area contributed by atoms with Crippen LogP contribution in [-0.4, -0.2) is 29.6 Å². The maximum atomic E-state index is 6.30. The number of rotatable bonds is 3. The minimum absolute atomic E-state index is 0.178. The highest BCUT2D eigenvalue weighted by molar-refractivity contribution is 4.98. The Bertz CT molecular complexity index is 198. The van der Waals surface area contributed by atoms with Crippen LogP contribution >= 0.6 is 0 Å². The summed E-state index contributed by atoms with van der Waals surface area (Å²) in [5.74, 6) is 0.878. The van der Waals surface area contributed by atoms with Gasteiger partial charge in [-0.1, -0.05) is 13.8 Å². The molecule has 2 unspecified atom stereocenters. The van der Waals surface area contributed by atoms with Gasteiger partial charge >= 0.3 is 0 Å². The van der Waals surface area contributed by atoms with Gasteiger partial charge in [0.1, 0.15) is 0 Å². The molecule has 1 heterocycles. The minimum Gasteiger partial charge on any atom is -0.324 e. The molecule has 82 valence electrons.